The summed E-state index contributed by atoms with van der Waals surface area (Å²) in [6.45, 7) is 12.9. The maximum Gasteiger partial charge on any atom is 0.303 e. The van der Waals surface area contributed by atoms with Crippen LogP contribution in [-0.4, -0.2) is 112 Å². The van der Waals surface area contributed by atoms with Crippen LogP contribution in [0.5, 0.6) is 57.5 Å². The van der Waals surface area contributed by atoms with Crippen LogP contribution in [-0.2, 0) is 60.8 Å². The van der Waals surface area contributed by atoms with E-state index in [9.17, 15) is 39.0 Å². The maximum atomic E-state index is 14.0. The number of carbonyl (C=O) groups is 4. The van der Waals surface area contributed by atoms with E-state index in [1.807, 2.05) is 88.4 Å². The number of hydrogen-bond acceptors (Lipinski definition) is 24. The molecular formula is C72H76O24. The van der Waals surface area contributed by atoms with Crippen LogP contribution in [0.1, 0.15) is 79.4 Å². The summed E-state index contributed by atoms with van der Waals surface area (Å²) in [5.41, 5.74) is 1.86. The van der Waals surface area contributed by atoms with E-state index >= 15 is 0 Å². The van der Waals surface area contributed by atoms with Gasteiger partial charge in [-0.05, 0) is 48.2 Å². The standard InChI is InChI=1S/C43H44O12.C29H32O12/c1-7-33-25(2)40(51-26(3)44)42(52-27(4)45)43(55-33)53-31-20-35(49-23-28-14-10-8-11-15-28)39-32(46)22-34(54-36(39)21-31)30-18-37(47-5)41(38(19-30)48-6)50-24-29-16-12-9-13-17-29;1-7-20-13(2)27(37-14(3)30)28(38-15(4)31)29(41-20)39-17-10-18(32)25-19(33)12-21(40-22(25)11-17)16-8-23(35-5)26(34)24(9-16)36-6/h8-22,25,33,40,42-43H,7,23-24H2,1-6H3;8-13,20,27-29,32,34H,7H2,1-6H3/t25-,33+,40-,42+,43+;13-,20+,27-,28+,29+/m00/s1. The minimum atomic E-state index is -1.22. The normalized spacial score (nSPS) is 20.5. The summed E-state index contributed by atoms with van der Waals surface area (Å²) < 4.78 is 93.8. The third kappa shape index (κ3) is 16.2. The number of methoxy groups -OCH3 is 4. The predicted molar refractivity (Wildman–Crippen MR) is 347 cm³/mol. The molecule has 2 fully saturated rings. The third-order valence-electron chi connectivity index (χ3n) is 16.1. The molecule has 24 heteroatoms. The van der Waals surface area contributed by atoms with Gasteiger partial charge in [-0.3, -0.25) is 28.8 Å². The molecule has 0 unspecified atom stereocenters. The molecule has 2 aromatic heterocycles. The minimum Gasteiger partial charge on any atom is -0.507 e. The number of ether oxygens (including phenoxy) is 14. The minimum absolute atomic E-state index is 0.0229. The van der Waals surface area contributed by atoms with E-state index in [0.717, 1.165) is 11.1 Å². The molecule has 0 aliphatic carbocycles. The first-order chi connectivity index (χ1) is 46.0. The molecule has 0 bridgehead atoms. The molecule has 24 nitrogen and oxygen atoms in total. The van der Waals surface area contributed by atoms with E-state index in [2.05, 4.69) is 0 Å². The van der Waals surface area contributed by atoms with Crippen molar-refractivity contribution in [3.63, 3.8) is 0 Å². The molecule has 2 aliphatic rings. The molecule has 8 aromatic rings. The van der Waals surface area contributed by atoms with Crippen molar-refractivity contribution in [3.8, 4) is 80.1 Å². The van der Waals surface area contributed by atoms with Crippen molar-refractivity contribution in [2.75, 3.05) is 28.4 Å². The highest BCUT2D eigenvalue weighted by Crippen LogP contribution is 2.45. The molecule has 10 atom stereocenters. The van der Waals surface area contributed by atoms with Crippen LogP contribution >= 0.6 is 0 Å². The fourth-order valence-corrected chi connectivity index (χ4v) is 11.5. The number of aromatic hydroxyl groups is 2. The first-order valence-corrected chi connectivity index (χ1v) is 30.9. The maximum absolute atomic E-state index is 14.0. The Labute approximate surface area is 552 Å². The molecule has 96 heavy (non-hydrogen) atoms. The summed E-state index contributed by atoms with van der Waals surface area (Å²) in [6, 6.07) is 33.7. The lowest BCUT2D eigenvalue weighted by atomic mass is 9.89. The number of hydrogen-bond donors (Lipinski definition) is 2. The van der Waals surface area contributed by atoms with Crippen molar-refractivity contribution in [2.45, 2.75) is 131 Å². The van der Waals surface area contributed by atoms with E-state index in [0.29, 0.717) is 41.2 Å². The van der Waals surface area contributed by atoms with Crippen molar-refractivity contribution < 1.29 is 105 Å². The Balaban J connectivity index is 0.000000235. The Morgan fingerprint density at radius 2 is 0.844 bits per heavy atom. The number of rotatable bonds is 22. The van der Waals surface area contributed by atoms with Crippen LogP contribution in [0.25, 0.3) is 44.6 Å². The van der Waals surface area contributed by atoms with Gasteiger partial charge >= 0.3 is 23.9 Å². The first-order valence-electron chi connectivity index (χ1n) is 30.9. The smallest absolute Gasteiger partial charge is 0.303 e. The highest BCUT2D eigenvalue weighted by molar-refractivity contribution is 5.88. The summed E-state index contributed by atoms with van der Waals surface area (Å²) in [7, 11) is 5.75. The number of fused-ring (bicyclic) bond motifs is 2. The Hall–Kier alpha value is -10.5. The van der Waals surface area contributed by atoms with E-state index in [4.69, 9.17) is 75.2 Å². The molecule has 10 rings (SSSR count). The molecule has 0 radical (unpaired) electrons. The predicted octanol–water partition coefficient (Wildman–Crippen LogP) is 11.5. The topological polar surface area (TPSA) is 298 Å². The molecule has 2 aliphatic heterocycles. The zero-order valence-corrected chi connectivity index (χ0v) is 55.0. The van der Waals surface area contributed by atoms with E-state index in [1.165, 1.54) is 98.6 Å². The third-order valence-corrected chi connectivity index (χ3v) is 16.1. The van der Waals surface area contributed by atoms with Gasteiger partial charge in [0.25, 0.3) is 0 Å². The van der Waals surface area contributed by atoms with Gasteiger partial charge in [0, 0.05) is 87.1 Å². The number of phenols is 2. The van der Waals surface area contributed by atoms with Crippen LogP contribution in [0.15, 0.2) is 140 Å². The summed E-state index contributed by atoms with van der Waals surface area (Å²) in [6.07, 6.45) is -6.05. The Morgan fingerprint density at radius 1 is 0.458 bits per heavy atom. The summed E-state index contributed by atoms with van der Waals surface area (Å²) in [5.74, 6) is -1.62. The van der Waals surface area contributed by atoms with Crippen molar-refractivity contribution >= 4 is 45.8 Å². The lowest BCUT2D eigenvalue weighted by Crippen LogP contribution is -2.58. The van der Waals surface area contributed by atoms with Crippen LogP contribution in [0.4, 0.5) is 0 Å². The zero-order chi connectivity index (χ0) is 69.1. The van der Waals surface area contributed by atoms with Crippen molar-refractivity contribution in [3.05, 3.63) is 153 Å². The summed E-state index contributed by atoms with van der Waals surface area (Å²) in [5, 5.41) is 21.1. The van der Waals surface area contributed by atoms with Gasteiger partial charge in [0.05, 0.1) is 40.6 Å². The summed E-state index contributed by atoms with van der Waals surface area (Å²) in [4.78, 5) is 75.3. The molecule has 508 valence electrons. The zero-order valence-electron chi connectivity index (χ0n) is 55.0. The molecule has 0 spiro atoms. The van der Waals surface area contributed by atoms with E-state index in [1.54, 1.807) is 18.2 Å². The van der Waals surface area contributed by atoms with Crippen LogP contribution < -0.4 is 48.8 Å². The van der Waals surface area contributed by atoms with Crippen LogP contribution in [0, 0.1) is 11.8 Å². The van der Waals surface area contributed by atoms with Gasteiger partial charge < -0.3 is 85.4 Å². The second-order valence-electron chi connectivity index (χ2n) is 22.7. The second-order valence-corrected chi connectivity index (χ2v) is 22.7. The van der Waals surface area contributed by atoms with Crippen molar-refractivity contribution in [2.24, 2.45) is 11.8 Å². The Kier molecular flexibility index (Phi) is 22.7. The number of carbonyl (C=O) groups excluding carboxylic acids is 4. The molecule has 2 N–H and O–H groups in total. The van der Waals surface area contributed by atoms with Gasteiger partial charge in [0.15, 0.2) is 33.9 Å². The largest absolute Gasteiger partial charge is 0.507 e. The van der Waals surface area contributed by atoms with Crippen molar-refractivity contribution in [1.82, 2.24) is 0 Å². The SMILES string of the molecule is CC[C@H]1O[C@@H](Oc2cc(O)c3c(=O)cc(-c4cc(OC)c(O)c(OC)c4)oc3c2)[C@H](OC(C)=O)[C@@H](OC(C)=O)[C@H]1C.CC[C@H]1O[C@@H](Oc2cc(OCc3ccccc3)c3c(=O)cc(-c4cc(OC)c(OCc5ccccc5)c(OC)c4)oc3c2)[C@H](OC(C)=O)[C@@H](OC(C)=O)[C@H]1C. The average Bonchev–Trinajstić information content (AvgIpc) is 0.949. The van der Waals surface area contributed by atoms with Crippen LogP contribution in [0.2, 0.25) is 0 Å². The van der Waals surface area contributed by atoms with Crippen molar-refractivity contribution in [1.29, 1.82) is 0 Å². The van der Waals surface area contributed by atoms with Gasteiger partial charge in [0.1, 0.15) is 81.9 Å². The second kappa shape index (κ2) is 31.2. The highest BCUT2D eigenvalue weighted by Gasteiger charge is 2.50. The fraction of sp³-hybridized carbons (Fsp3) is 0.361. The number of benzene rings is 6. The van der Waals surface area contributed by atoms with Gasteiger partial charge in [-0.25, -0.2) is 0 Å². The average molecular weight is 1330 g/mol. The van der Waals surface area contributed by atoms with Gasteiger partial charge in [-0.1, -0.05) is 88.4 Å². The fourth-order valence-electron chi connectivity index (χ4n) is 11.5. The highest BCUT2D eigenvalue weighted by atomic mass is 16.7. The first kappa shape index (κ1) is 69.9. The lowest BCUT2D eigenvalue weighted by molar-refractivity contribution is -0.266. The molecule has 6 aromatic carbocycles. The quantitative estimate of drug-likeness (QED) is 0.0470. The number of phenolic OH excluding ortho intramolecular Hbond substituents is 2. The molecule has 2 saturated heterocycles. The molecule has 0 saturated carbocycles. The van der Waals surface area contributed by atoms with Crippen LogP contribution in [0.3, 0.4) is 0 Å². The summed E-state index contributed by atoms with van der Waals surface area (Å²) >= 11 is 0. The molecular weight excluding hydrogens is 1250 g/mol. The van der Waals surface area contributed by atoms with E-state index < -0.39 is 84.3 Å². The Morgan fingerprint density at radius 3 is 1.26 bits per heavy atom. The molecule has 0 amide bonds. The monoisotopic (exact) mass is 1320 g/mol. The van der Waals surface area contributed by atoms with Gasteiger partial charge in [-0.2, -0.15) is 0 Å². The Bertz CT molecular complexity index is 4150. The lowest BCUT2D eigenvalue weighted by Gasteiger charge is -2.43. The van der Waals surface area contributed by atoms with Gasteiger partial charge in [0.2, 0.25) is 36.3 Å². The van der Waals surface area contributed by atoms with E-state index in [-0.39, 0.29) is 98.4 Å². The molecule has 4 heterocycles. The van der Waals surface area contributed by atoms with Gasteiger partial charge in [-0.15, -0.1) is 0 Å². The number of esters is 4.